The van der Waals surface area contributed by atoms with Crippen LogP contribution in [0.3, 0.4) is 0 Å². The maximum Gasteiger partial charge on any atom is 0.180 e. The molecule has 0 aliphatic rings. The number of hydrogen-bond acceptors (Lipinski definition) is 5. The summed E-state index contributed by atoms with van der Waals surface area (Å²) in [6.45, 7) is 4.35. The van der Waals surface area contributed by atoms with Gasteiger partial charge >= 0.3 is 0 Å². The summed E-state index contributed by atoms with van der Waals surface area (Å²) in [5.74, 6) is 1.85. The van der Waals surface area contributed by atoms with E-state index in [0.29, 0.717) is 11.8 Å². The molecule has 0 fully saturated rings. The maximum atomic E-state index is 5.28. The first-order chi connectivity index (χ1) is 7.77. The van der Waals surface area contributed by atoms with Crippen LogP contribution in [0.4, 0.5) is 0 Å². The van der Waals surface area contributed by atoms with Gasteiger partial charge in [0.25, 0.3) is 0 Å². The van der Waals surface area contributed by atoms with Gasteiger partial charge in [0.1, 0.15) is 16.3 Å². The third-order valence-electron chi connectivity index (χ3n) is 2.77. The Hall–Kier alpha value is -1.23. The number of rotatable bonds is 5. The van der Waals surface area contributed by atoms with Crippen molar-refractivity contribution in [3.63, 3.8) is 0 Å². The maximum absolute atomic E-state index is 5.28. The summed E-state index contributed by atoms with van der Waals surface area (Å²) in [6.07, 6.45) is 5.45. The van der Waals surface area contributed by atoms with Crippen LogP contribution in [-0.2, 0) is 0 Å². The van der Waals surface area contributed by atoms with Crippen molar-refractivity contribution < 1.29 is 4.42 Å². The van der Waals surface area contributed by atoms with Crippen LogP contribution >= 0.6 is 11.3 Å². The van der Waals surface area contributed by atoms with Crippen LogP contribution in [0.15, 0.2) is 22.5 Å². The van der Waals surface area contributed by atoms with Crippen molar-refractivity contribution in [3.05, 3.63) is 28.9 Å². The quantitative estimate of drug-likeness (QED) is 0.801. The number of hydrogen-bond donors (Lipinski definition) is 0. The monoisotopic (exact) mass is 237 g/mol. The van der Waals surface area contributed by atoms with E-state index in [2.05, 4.69) is 29.0 Å². The molecule has 5 heteroatoms. The van der Waals surface area contributed by atoms with E-state index < -0.39 is 0 Å². The molecule has 2 atom stereocenters. The lowest BCUT2D eigenvalue weighted by atomic mass is 9.97. The molecule has 2 rings (SSSR count). The van der Waals surface area contributed by atoms with Gasteiger partial charge in [0, 0.05) is 11.8 Å². The Morgan fingerprint density at radius 2 is 2.12 bits per heavy atom. The fourth-order valence-electron chi connectivity index (χ4n) is 1.63. The predicted molar refractivity (Wildman–Crippen MR) is 62.5 cm³/mol. The van der Waals surface area contributed by atoms with Crippen molar-refractivity contribution in [2.45, 2.75) is 38.5 Å². The average molecular weight is 237 g/mol. The Morgan fingerprint density at radius 1 is 1.31 bits per heavy atom. The van der Waals surface area contributed by atoms with E-state index in [1.165, 1.54) is 6.39 Å². The lowest BCUT2D eigenvalue weighted by Crippen LogP contribution is -1.98. The summed E-state index contributed by atoms with van der Waals surface area (Å²) in [5, 5.41) is 9.07. The highest BCUT2D eigenvalue weighted by Gasteiger charge is 2.14. The summed E-state index contributed by atoms with van der Waals surface area (Å²) in [6, 6.07) is 0. The zero-order valence-electron chi connectivity index (χ0n) is 9.46. The molecule has 0 saturated carbocycles. The molecule has 2 aromatic rings. The SMILES string of the molecule is CC(CCC(C)c1nncs1)c1cnco1. The first-order valence-electron chi connectivity index (χ1n) is 5.42. The Labute approximate surface area is 98.7 Å². The molecule has 86 valence electrons. The van der Waals surface area contributed by atoms with Gasteiger partial charge in [-0.3, -0.25) is 0 Å². The van der Waals surface area contributed by atoms with E-state index in [-0.39, 0.29) is 0 Å². The Kier molecular flexibility index (Phi) is 3.66. The largest absolute Gasteiger partial charge is 0.448 e. The van der Waals surface area contributed by atoms with Gasteiger partial charge in [0.05, 0.1) is 6.20 Å². The van der Waals surface area contributed by atoms with Gasteiger partial charge in [-0.15, -0.1) is 21.5 Å². The fraction of sp³-hybridized carbons (Fsp3) is 0.545. The second-order valence-electron chi connectivity index (χ2n) is 4.06. The van der Waals surface area contributed by atoms with Crippen molar-refractivity contribution in [2.24, 2.45) is 0 Å². The van der Waals surface area contributed by atoms with E-state index in [1.807, 2.05) is 0 Å². The fourth-order valence-corrected chi connectivity index (χ4v) is 2.28. The smallest absolute Gasteiger partial charge is 0.180 e. The molecular formula is C11H15N3OS. The Bertz CT molecular complexity index is 359. The van der Waals surface area contributed by atoms with Gasteiger partial charge in [-0.2, -0.15) is 0 Å². The third-order valence-corrected chi connectivity index (χ3v) is 3.69. The zero-order chi connectivity index (χ0) is 11.4. The van der Waals surface area contributed by atoms with Gasteiger partial charge in [-0.25, -0.2) is 4.98 Å². The molecular weight excluding hydrogens is 222 g/mol. The van der Waals surface area contributed by atoms with Crippen LogP contribution in [0.2, 0.25) is 0 Å². The zero-order valence-corrected chi connectivity index (χ0v) is 10.3. The molecule has 2 unspecified atom stereocenters. The molecule has 0 aromatic carbocycles. The summed E-state index contributed by atoms with van der Waals surface area (Å²) >= 11 is 1.62. The molecule has 2 aromatic heterocycles. The van der Waals surface area contributed by atoms with Crippen LogP contribution in [0.25, 0.3) is 0 Å². The minimum absolute atomic E-state index is 0.415. The lowest BCUT2D eigenvalue weighted by molar-refractivity contribution is 0.444. The van der Waals surface area contributed by atoms with Gasteiger partial charge in [-0.05, 0) is 12.8 Å². The van der Waals surface area contributed by atoms with Gasteiger partial charge in [0.15, 0.2) is 6.39 Å². The Balaban J connectivity index is 1.84. The summed E-state index contributed by atoms with van der Waals surface area (Å²) in [4.78, 5) is 3.93. The first-order valence-corrected chi connectivity index (χ1v) is 6.29. The molecule has 0 aliphatic heterocycles. The molecule has 0 bridgehead atoms. The Morgan fingerprint density at radius 3 is 2.75 bits per heavy atom. The lowest BCUT2D eigenvalue weighted by Gasteiger charge is -2.11. The van der Waals surface area contributed by atoms with E-state index >= 15 is 0 Å². The number of oxazole rings is 1. The highest BCUT2D eigenvalue weighted by molar-refractivity contribution is 7.09. The summed E-state index contributed by atoms with van der Waals surface area (Å²) < 4.78 is 5.28. The van der Waals surface area contributed by atoms with E-state index in [0.717, 1.165) is 23.6 Å². The minimum atomic E-state index is 0.415. The van der Waals surface area contributed by atoms with Crippen LogP contribution in [0.1, 0.15) is 49.3 Å². The molecule has 0 N–H and O–H groups in total. The number of aromatic nitrogens is 3. The highest BCUT2D eigenvalue weighted by Crippen LogP contribution is 2.27. The van der Waals surface area contributed by atoms with Gasteiger partial charge < -0.3 is 4.42 Å². The second-order valence-corrected chi connectivity index (χ2v) is 4.93. The van der Waals surface area contributed by atoms with Crippen molar-refractivity contribution in [1.29, 1.82) is 0 Å². The van der Waals surface area contributed by atoms with E-state index in [9.17, 15) is 0 Å². The highest BCUT2D eigenvalue weighted by atomic mass is 32.1. The summed E-state index contributed by atoms with van der Waals surface area (Å²) in [5.41, 5.74) is 1.78. The molecule has 2 heterocycles. The molecule has 0 amide bonds. The van der Waals surface area contributed by atoms with Gasteiger partial charge in [-0.1, -0.05) is 13.8 Å². The van der Waals surface area contributed by atoms with Crippen molar-refractivity contribution >= 4 is 11.3 Å². The van der Waals surface area contributed by atoms with Crippen LogP contribution in [-0.4, -0.2) is 15.2 Å². The predicted octanol–water partition coefficient (Wildman–Crippen LogP) is 3.21. The molecule has 0 saturated heterocycles. The van der Waals surface area contributed by atoms with E-state index in [4.69, 9.17) is 4.42 Å². The van der Waals surface area contributed by atoms with Crippen molar-refractivity contribution in [1.82, 2.24) is 15.2 Å². The van der Waals surface area contributed by atoms with Crippen molar-refractivity contribution in [2.75, 3.05) is 0 Å². The second kappa shape index (κ2) is 5.21. The summed E-state index contributed by atoms with van der Waals surface area (Å²) in [7, 11) is 0. The minimum Gasteiger partial charge on any atom is -0.448 e. The third kappa shape index (κ3) is 2.66. The van der Waals surface area contributed by atoms with E-state index in [1.54, 1.807) is 23.0 Å². The molecule has 0 radical (unpaired) electrons. The average Bonchev–Trinajstić information content (AvgIpc) is 2.95. The molecule has 16 heavy (non-hydrogen) atoms. The topological polar surface area (TPSA) is 51.8 Å². The molecule has 0 spiro atoms. The molecule has 0 aliphatic carbocycles. The standard InChI is InChI=1S/C11H15N3OS/c1-8(10-5-12-6-15-10)3-4-9(2)11-14-13-7-16-11/h5-9H,3-4H2,1-2H3. The van der Waals surface area contributed by atoms with Crippen molar-refractivity contribution in [3.8, 4) is 0 Å². The number of nitrogens with zero attached hydrogens (tertiary/aromatic N) is 3. The molecule has 4 nitrogen and oxygen atoms in total. The van der Waals surface area contributed by atoms with Crippen LogP contribution < -0.4 is 0 Å². The van der Waals surface area contributed by atoms with Crippen LogP contribution in [0.5, 0.6) is 0 Å². The first kappa shape index (κ1) is 11.3. The van der Waals surface area contributed by atoms with Crippen LogP contribution in [0, 0.1) is 0 Å². The van der Waals surface area contributed by atoms with Gasteiger partial charge in [0.2, 0.25) is 0 Å². The normalized spacial score (nSPS) is 14.9.